The van der Waals surface area contributed by atoms with E-state index in [9.17, 15) is 5.11 Å². The third-order valence-corrected chi connectivity index (χ3v) is 3.48. The molecule has 106 valence electrons. The molecular formula is C18H22O2. The van der Waals surface area contributed by atoms with Crippen molar-refractivity contribution in [2.24, 2.45) is 0 Å². The molecule has 0 aliphatic rings. The van der Waals surface area contributed by atoms with Crippen LogP contribution in [0.2, 0.25) is 0 Å². The van der Waals surface area contributed by atoms with Crippen LogP contribution in [0, 0.1) is 0 Å². The van der Waals surface area contributed by atoms with Gasteiger partial charge in [0.15, 0.2) is 0 Å². The second-order valence-electron chi connectivity index (χ2n) is 5.03. The molecule has 1 unspecified atom stereocenters. The van der Waals surface area contributed by atoms with Crippen LogP contribution in [0.4, 0.5) is 0 Å². The molecule has 1 atom stereocenters. The topological polar surface area (TPSA) is 29.5 Å². The lowest BCUT2D eigenvalue weighted by molar-refractivity contribution is 0.176. The number of methoxy groups -OCH3 is 1. The molecule has 0 bridgehead atoms. The highest BCUT2D eigenvalue weighted by Gasteiger charge is 2.13. The van der Waals surface area contributed by atoms with Gasteiger partial charge in [-0.2, -0.15) is 0 Å². The molecule has 1 N–H and O–H groups in total. The third kappa shape index (κ3) is 3.47. The average molecular weight is 270 g/mol. The van der Waals surface area contributed by atoms with E-state index >= 15 is 0 Å². The lowest BCUT2D eigenvalue weighted by atomic mass is 9.96. The second kappa shape index (κ2) is 7.22. The van der Waals surface area contributed by atoms with Gasteiger partial charge in [0.25, 0.3) is 0 Å². The Morgan fingerprint density at radius 2 is 1.75 bits per heavy atom. The number of ether oxygens (including phenoxy) is 1. The van der Waals surface area contributed by atoms with Crippen LogP contribution < -0.4 is 0 Å². The van der Waals surface area contributed by atoms with E-state index in [0.29, 0.717) is 6.61 Å². The summed E-state index contributed by atoms with van der Waals surface area (Å²) in [6.07, 6.45) is 1.62. The van der Waals surface area contributed by atoms with Gasteiger partial charge in [-0.25, -0.2) is 0 Å². The molecule has 0 saturated carbocycles. The van der Waals surface area contributed by atoms with Crippen molar-refractivity contribution in [1.82, 2.24) is 0 Å². The predicted octanol–water partition coefficient (Wildman–Crippen LogP) is 3.87. The van der Waals surface area contributed by atoms with Crippen molar-refractivity contribution in [3.8, 4) is 0 Å². The molecule has 0 aliphatic heterocycles. The van der Waals surface area contributed by atoms with Crippen LogP contribution >= 0.6 is 0 Å². The fraction of sp³-hybridized carbons (Fsp3) is 0.333. The summed E-state index contributed by atoms with van der Waals surface area (Å²) >= 11 is 0. The van der Waals surface area contributed by atoms with E-state index in [1.165, 1.54) is 5.56 Å². The molecule has 0 heterocycles. The Labute approximate surface area is 121 Å². The van der Waals surface area contributed by atoms with Crippen LogP contribution in [0.15, 0.2) is 48.5 Å². The van der Waals surface area contributed by atoms with Crippen molar-refractivity contribution < 1.29 is 9.84 Å². The molecular weight excluding hydrogens is 248 g/mol. The van der Waals surface area contributed by atoms with E-state index in [4.69, 9.17) is 4.74 Å². The van der Waals surface area contributed by atoms with Crippen LogP contribution in [0.25, 0.3) is 0 Å². The minimum atomic E-state index is -0.600. The lowest BCUT2D eigenvalue weighted by Gasteiger charge is -2.16. The maximum absolute atomic E-state index is 10.6. The van der Waals surface area contributed by atoms with E-state index in [1.807, 2.05) is 36.4 Å². The van der Waals surface area contributed by atoms with Crippen LogP contribution in [0.5, 0.6) is 0 Å². The predicted molar refractivity (Wildman–Crippen MR) is 81.7 cm³/mol. The SMILES string of the molecule is CCCc1ccc(C(O)c2ccccc2COC)cc1. The van der Waals surface area contributed by atoms with Gasteiger partial charge in [-0.1, -0.05) is 61.9 Å². The first-order valence-electron chi connectivity index (χ1n) is 7.10. The Hall–Kier alpha value is -1.64. The Kier molecular flexibility index (Phi) is 5.33. The van der Waals surface area contributed by atoms with Gasteiger partial charge in [-0.15, -0.1) is 0 Å². The number of rotatable bonds is 6. The molecule has 20 heavy (non-hydrogen) atoms. The van der Waals surface area contributed by atoms with Gasteiger partial charge in [0.05, 0.1) is 6.61 Å². The Morgan fingerprint density at radius 3 is 2.40 bits per heavy atom. The van der Waals surface area contributed by atoms with Crippen molar-refractivity contribution in [3.63, 3.8) is 0 Å². The summed E-state index contributed by atoms with van der Waals surface area (Å²) < 4.78 is 5.19. The number of aryl methyl sites for hydroxylation is 1. The zero-order chi connectivity index (χ0) is 14.4. The highest BCUT2D eigenvalue weighted by Crippen LogP contribution is 2.25. The molecule has 0 spiro atoms. The summed E-state index contributed by atoms with van der Waals surface area (Å²) in [4.78, 5) is 0. The number of aliphatic hydroxyl groups is 1. The second-order valence-corrected chi connectivity index (χ2v) is 5.03. The first-order chi connectivity index (χ1) is 9.76. The zero-order valence-electron chi connectivity index (χ0n) is 12.2. The monoisotopic (exact) mass is 270 g/mol. The van der Waals surface area contributed by atoms with E-state index in [0.717, 1.165) is 29.5 Å². The maximum atomic E-state index is 10.6. The molecule has 0 aliphatic carbocycles. The fourth-order valence-corrected chi connectivity index (χ4v) is 2.42. The molecule has 0 saturated heterocycles. The molecule has 2 aromatic carbocycles. The summed E-state index contributed by atoms with van der Waals surface area (Å²) in [6.45, 7) is 2.69. The molecule has 0 radical (unpaired) electrons. The van der Waals surface area contributed by atoms with Gasteiger partial charge >= 0.3 is 0 Å². The largest absolute Gasteiger partial charge is 0.384 e. The molecule has 2 heteroatoms. The first-order valence-corrected chi connectivity index (χ1v) is 7.10. The van der Waals surface area contributed by atoms with Crippen molar-refractivity contribution in [1.29, 1.82) is 0 Å². The first kappa shape index (κ1) is 14.8. The lowest BCUT2D eigenvalue weighted by Crippen LogP contribution is -2.04. The number of aliphatic hydroxyl groups excluding tert-OH is 1. The highest BCUT2D eigenvalue weighted by atomic mass is 16.5. The summed E-state index contributed by atoms with van der Waals surface area (Å²) in [5, 5.41) is 10.6. The van der Waals surface area contributed by atoms with Gasteiger partial charge in [-0.05, 0) is 28.7 Å². The van der Waals surface area contributed by atoms with E-state index in [1.54, 1.807) is 7.11 Å². The highest BCUT2D eigenvalue weighted by molar-refractivity contribution is 5.36. The molecule has 0 aromatic heterocycles. The van der Waals surface area contributed by atoms with E-state index in [2.05, 4.69) is 19.1 Å². The smallest absolute Gasteiger partial charge is 0.104 e. The van der Waals surface area contributed by atoms with Crippen LogP contribution in [-0.2, 0) is 17.8 Å². The molecule has 0 amide bonds. The number of hydrogen-bond acceptors (Lipinski definition) is 2. The minimum absolute atomic E-state index is 0.515. The Morgan fingerprint density at radius 1 is 1.05 bits per heavy atom. The average Bonchev–Trinajstić information content (AvgIpc) is 2.49. The molecule has 2 rings (SSSR count). The van der Waals surface area contributed by atoms with E-state index in [-0.39, 0.29) is 0 Å². The van der Waals surface area contributed by atoms with Gasteiger partial charge in [-0.3, -0.25) is 0 Å². The van der Waals surface area contributed by atoms with Crippen LogP contribution in [-0.4, -0.2) is 12.2 Å². The standard InChI is InChI=1S/C18H22O2/c1-3-6-14-9-11-15(12-10-14)18(19)17-8-5-4-7-16(17)13-20-2/h4-5,7-12,18-19H,3,6,13H2,1-2H3. The third-order valence-electron chi connectivity index (χ3n) is 3.48. The molecule has 2 aromatic rings. The summed E-state index contributed by atoms with van der Waals surface area (Å²) in [5.41, 5.74) is 4.18. The van der Waals surface area contributed by atoms with Gasteiger partial charge < -0.3 is 9.84 Å². The van der Waals surface area contributed by atoms with E-state index < -0.39 is 6.10 Å². The fourth-order valence-electron chi connectivity index (χ4n) is 2.42. The van der Waals surface area contributed by atoms with Gasteiger partial charge in [0.1, 0.15) is 6.10 Å². The van der Waals surface area contributed by atoms with Crippen molar-refractivity contribution >= 4 is 0 Å². The quantitative estimate of drug-likeness (QED) is 0.863. The van der Waals surface area contributed by atoms with Crippen molar-refractivity contribution in [2.45, 2.75) is 32.5 Å². The molecule has 0 fully saturated rings. The summed E-state index contributed by atoms with van der Waals surface area (Å²) in [5.74, 6) is 0. The van der Waals surface area contributed by atoms with Crippen molar-refractivity contribution in [2.75, 3.05) is 7.11 Å². The van der Waals surface area contributed by atoms with Gasteiger partial charge in [0, 0.05) is 7.11 Å². The normalized spacial score (nSPS) is 12.3. The van der Waals surface area contributed by atoms with Gasteiger partial charge in [0.2, 0.25) is 0 Å². The minimum Gasteiger partial charge on any atom is -0.384 e. The number of hydrogen-bond donors (Lipinski definition) is 1. The van der Waals surface area contributed by atoms with Crippen LogP contribution in [0.3, 0.4) is 0 Å². The summed E-state index contributed by atoms with van der Waals surface area (Å²) in [7, 11) is 1.67. The van der Waals surface area contributed by atoms with Crippen LogP contribution in [0.1, 0.15) is 41.7 Å². The maximum Gasteiger partial charge on any atom is 0.104 e. The Balaban J connectivity index is 2.24. The number of benzene rings is 2. The zero-order valence-corrected chi connectivity index (χ0v) is 12.2. The van der Waals surface area contributed by atoms with Crippen molar-refractivity contribution in [3.05, 3.63) is 70.8 Å². The summed E-state index contributed by atoms with van der Waals surface area (Å²) in [6, 6.07) is 16.1. The molecule has 2 nitrogen and oxygen atoms in total. The Bertz CT molecular complexity index is 531.